The number of ether oxygens (including phenoxy) is 1. The van der Waals surface area contributed by atoms with E-state index in [-0.39, 0.29) is 12.0 Å². The summed E-state index contributed by atoms with van der Waals surface area (Å²) in [5, 5.41) is 0. The van der Waals surface area contributed by atoms with Gasteiger partial charge in [-0.1, -0.05) is 6.08 Å². The first-order valence-electron chi connectivity index (χ1n) is 4.56. The van der Waals surface area contributed by atoms with Crippen molar-refractivity contribution in [3.8, 4) is 6.01 Å². The molecule has 0 aromatic carbocycles. The summed E-state index contributed by atoms with van der Waals surface area (Å²) in [6, 6.07) is 0.244. The summed E-state index contributed by atoms with van der Waals surface area (Å²) in [7, 11) is 3.64. The van der Waals surface area contributed by atoms with Crippen LogP contribution in [0.25, 0.3) is 0 Å². The Balaban J connectivity index is 2.74. The van der Waals surface area contributed by atoms with Crippen molar-refractivity contribution in [2.24, 2.45) is 0 Å². The van der Waals surface area contributed by atoms with Crippen LogP contribution < -0.4 is 15.4 Å². The van der Waals surface area contributed by atoms with Crippen LogP contribution in [0.3, 0.4) is 0 Å². The average molecular weight is 209 g/mol. The fourth-order valence-electron chi connectivity index (χ4n) is 0.859. The van der Waals surface area contributed by atoms with Crippen molar-refractivity contribution in [3.63, 3.8) is 0 Å². The third-order valence-corrected chi connectivity index (χ3v) is 1.57. The van der Waals surface area contributed by atoms with E-state index in [1.807, 2.05) is 14.1 Å². The molecule has 0 unspecified atom stereocenters. The second-order valence-electron chi connectivity index (χ2n) is 3.10. The van der Waals surface area contributed by atoms with Gasteiger partial charge in [-0.15, -0.1) is 6.58 Å². The van der Waals surface area contributed by atoms with E-state index in [1.165, 1.54) is 0 Å². The predicted molar refractivity (Wildman–Crippen MR) is 58.9 cm³/mol. The van der Waals surface area contributed by atoms with Crippen molar-refractivity contribution in [2.75, 3.05) is 31.3 Å². The summed E-state index contributed by atoms with van der Waals surface area (Å²) in [6.45, 7) is 4.08. The van der Waals surface area contributed by atoms with E-state index in [2.05, 4.69) is 21.5 Å². The zero-order valence-corrected chi connectivity index (χ0v) is 8.97. The summed E-state index contributed by atoms with van der Waals surface area (Å²) >= 11 is 0. The normalized spacial score (nSPS) is 9.73. The van der Waals surface area contributed by atoms with Crippen molar-refractivity contribution in [2.45, 2.75) is 6.42 Å². The second kappa shape index (κ2) is 5.14. The molecule has 0 aliphatic rings. The minimum absolute atomic E-state index is 0.155. The first-order valence-corrected chi connectivity index (χ1v) is 4.56. The van der Waals surface area contributed by atoms with E-state index < -0.39 is 0 Å². The highest BCUT2D eigenvalue weighted by molar-refractivity contribution is 5.33. The fourth-order valence-corrected chi connectivity index (χ4v) is 0.859. The summed E-state index contributed by atoms with van der Waals surface area (Å²) in [4.78, 5) is 13.6. The molecule has 1 aromatic rings. The smallest absolute Gasteiger partial charge is 0.323 e. The van der Waals surface area contributed by atoms with E-state index in [1.54, 1.807) is 11.0 Å². The molecule has 82 valence electrons. The molecular formula is C9H15N5O. The Morgan fingerprint density at radius 1 is 1.40 bits per heavy atom. The fraction of sp³-hybridized carbons (Fsp3) is 0.444. The van der Waals surface area contributed by atoms with Crippen LogP contribution in [-0.4, -0.2) is 35.7 Å². The lowest BCUT2D eigenvalue weighted by Gasteiger charge is -2.11. The SMILES string of the molecule is C=CCCOc1nc(N)nc(N(C)C)n1. The quantitative estimate of drug-likeness (QED) is 0.561. The number of hydrogen-bond donors (Lipinski definition) is 1. The van der Waals surface area contributed by atoms with E-state index in [0.29, 0.717) is 12.6 Å². The molecule has 2 N–H and O–H groups in total. The van der Waals surface area contributed by atoms with Crippen molar-refractivity contribution in [1.82, 2.24) is 15.0 Å². The van der Waals surface area contributed by atoms with Gasteiger partial charge < -0.3 is 15.4 Å². The highest BCUT2D eigenvalue weighted by Crippen LogP contribution is 2.10. The van der Waals surface area contributed by atoms with Crippen molar-refractivity contribution < 1.29 is 4.74 Å². The topological polar surface area (TPSA) is 77.2 Å². The minimum Gasteiger partial charge on any atom is -0.463 e. The Kier molecular flexibility index (Phi) is 3.84. The number of aromatic nitrogens is 3. The van der Waals surface area contributed by atoms with E-state index in [0.717, 1.165) is 6.42 Å². The van der Waals surface area contributed by atoms with Crippen molar-refractivity contribution >= 4 is 11.9 Å². The number of rotatable bonds is 5. The zero-order valence-electron chi connectivity index (χ0n) is 8.97. The Bertz CT molecular complexity index is 339. The summed E-state index contributed by atoms with van der Waals surface area (Å²) in [5.41, 5.74) is 5.51. The number of anilines is 2. The van der Waals surface area contributed by atoms with Crippen LogP contribution in [0.15, 0.2) is 12.7 Å². The van der Waals surface area contributed by atoms with Gasteiger partial charge in [-0.05, 0) is 6.42 Å². The predicted octanol–water partition coefficient (Wildman–Crippen LogP) is 0.475. The Labute approximate surface area is 88.8 Å². The summed E-state index contributed by atoms with van der Waals surface area (Å²) in [5.74, 6) is 0.637. The molecule has 6 nitrogen and oxygen atoms in total. The maximum Gasteiger partial charge on any atom is 0.323 e. The molecule has 0 aliphatic carbocycles. The average Bonchev–Trinajstić information content (AvgIpc) is 2.17. The number of nitrogen functional groups attached to an aromatic ring is 1. The summed E-state index contributed by atoms with van der Waals surface area (Å²) in [6.07, 6.45) is 2.50. The van der Waals surface area contributed by atoms with Crippen LogP contribution in [0.4, 0.5) is 11.9 Å². The van der Waals surface area contributed by atoms with Gasteiger partial charge >= 0.3 is 6.01 Å². The van der Waals surface area contributed by atoms with Gasteiger partial charge in [0.25, 0.3) is 0 Å². The lowest BCUT2D eigenvalue weighted by Crippen LogP contribution is -2.15. The van der Waals surface area contributed by atoms with Gasteiger partial charge in [0.2, 0.25) is 11.9 Å². The third kappa shape index (κ3) is 3.41. The molecule has 1 aromatic heterocycles. The second-order valence-corrected chi connectivity index (χ2v) is 3.10. The standard InChI is InChI=1S/C9H15N5O/c1-4-5-6-15-9-12-7(10)11-8(13-9)14(2)3/h4H,1,5-6H2,2-3H3,(H2,10,11,12,13). The minimum atomic E-state index is 0.155. The first-order chi connectivity index (χ1) is 7.13. The number of nitrogens with zero attached hydrogens (tertiary/aromatic N) is 4. The Morgan fingerprint density at radius 2 is 2.13 bits per heavy atom. The molecule has 0 atom stereocenters. The third-order valence-electron chi connectivity index (χ3n) is 1.57. The van der Waals surface area contributed by atoms with Gasteiger partial charge in [0.15, 0.2) is 0 Å². The van der Waals surface area contributed by atoms with Crippen molar-refractivity contribution in [1.29, 1.82) is 0 Å². The van der Waals surface area contributed by atoms with Crippen LogP contribution in [-0.2, 0) is 0 Å². The van der Waals surface area contributed by atoms with Crippen LogP contribution in [0.2, 0.25) is 0 Å². The molecule has 6 heteroatoms. The molecule has 0 fully saturated rings. The van der Waals surface area contributed by atoms with Crippen LogP contribution in [0.5, 0.6) is 6.01 Å². The molecule has 0 amide bonds. The van der Waals surface area contributed by atoms with Crippen LogP contribution >= 0.6 is 0 Å². The van der Waals surface area contributed by atoms with Crippen molar-refractivity contribution in [3.05, 3.63) is 12.7 Å². The molecular weight excluding hydrogens is 194 g/mol. The molecule has 0 bridgehead atoms. The van der Waals surface area contributed by atoms with Gasteiger partial charge in [-0.2, -0.15) is 15.0 Å². The Hall–Kier alpha value is -1.85. The zero-order chi connectivity index (χ0) is 11.3. The number of nitrogens with two attached hydrogens (primary N) is 1. The highest BCUT2D eigenvalue weighted by Gasteiger charge is 2.06. The summed E-state index contributed by atoms with van der Waals surface area (Å²) < 4.78 is 5.28. The number of hydrogen-bond acceptors (Lipinski definition) is 6. The molecule has 0 aliphatic heterocycles. The molecule has 0 radical (unpaired) electrons. The molecule has 1 heterocycles. The Morgan fingerprint density at radius 3 is 2.73 bits per heavy atom. The lowest BCUT2D eigenvalue weighted by molar-refractivity contribution is 0.298. The first kappa shape index (κ1) is 11.2. The molecule has 15 heavy (non-hydrogen) atoms. The van der Waals surface area contributed by atoms with Gasteiger partial charge in [0, 0.05) is 14.1 Å². The van der Waals surface area contributed by atoms with Crippen LogP contribution in [0, 0.1) is 0 Å². The highest BCUT2D eigenvalue weighted by atomic mass is 16.5. The monoisotopic (exact) mass is 209 g/mol. The lowest BCUT2D eigenvalue weighted by atomic mass is 10.5. The van der Waals surface area contributed by atoms with Gasteiger partial charge in [-0.3, -0.25) is 0 Å². The molecule has 0 saturated carbocycles. The molecule has 0 saturated heterocycles. The van der Waals surface area contributed by atoms with Crippen LogP contribution in [0.1, 0.15) is 6.42 Å². The van der Waals surface area contributed by atoms with E-state index >= 15 is 0 Å². The maximum absolute atomic E-state index is 5.51. The molecule has 0 spiro atoms. The van der Waals surface area contributed by atoms with Gasteiger partial charge in [-0.25, -0.2) is 0 Å². The van der Waals surface area contributed by atoms with Gasteiger partial charge in [0.05, 0.1) is 6.61 Å². The largest absolute Gasteiger partial charge is 0.463 e. The molecule has 1 rings (SSSR count). The van der Waals surface area contributed by atoms with E-state index in [4.69, 9.17) is 10.5 Å². The maximum atomic E-state index is 5.51. The van der Waals surface area contributed by atoms with Gasteiger partial charge in [0.1, 0.15) is 0 Å². The van der Waals surface area contributed by atoms with E-state index in [9.17, 15) is 0 Å².